The van der Waals surface area contributed by atoms with Crippen molar-refractivity contribution in [1.82, 2.24) is 35.2 Å². The Kier molecular flexibility index (Phi) is 4.08. The molecule has 8 nitrogen and oxygen atoms in total. The molecule has 0 aliphatic carbocycles. The number of likely N-dealkylation sites (tertiary alicyclic amines) is 1. The quantitative estimate of drug-likeness (QED) is 0.893. The summed E-state index contributed by atoms with van der Waals surface area (Å²) in [7, 11) is 1.89. The number of nitrogens with one attached hydrogen (secondary N) is 2. The van der Waals surface area contributed by atoms with Crippen LogP contribution in [0.2, 0.25) is 0 Å². The average Bonchev–Trinajstić information content (AvgIpc) is 3.17. The molecule has 1 fully saturated rings. The van der Waals surface area contributed by atoms with Crippen LogP contribution in [-0.4, -0.2) is 42.4 Å². The number of H-pyrrole nitrogens is 1. The molecule has 1 unspecified atom stereocenters. The molecule has 22 heavy (non-hydrogen) atoms. The van der Waals surface area contributed by atoms with Crippen molar-refractivity contribution in [2.75, 3.05) is 6.54 Å². The Bertz CT molecular complexity index is 634. The highest BCUT2D eigenvalue weighted by Gasteiger charge is 2.29. The molecule has 0 radical (unpaired) electrons. The fourth-order valence-corrected chi connectivity index (χ4v) is 2.82. The van der Waals surface area contributed by atoms with Crippen LogP contribution in [0.4, 0.5) is 4.79 Å². The minimum Gasteiger partial charge on any atom is -0.334 e. The van der Waals surface area contributed by atoms with Gasteiger partial charge in [-0.1, -0.05) is 0 Å². The van der Waals surface area contributed by atoms with Crippen molar-refractivity contribution in [3.05, 3.63) is 29.6 Å². The van der Waals surface area contributed by atoms with Crippen molar-refractivity contribution >= 4 is 6.03 Å². The standard InChI is InChI=1S/C14H21N7O/c1-10-11(8-18-20(10)2)7-15-14(22)21-6-4-3-5-12(21)13-16-9-17-19-13/h8-9,12H,3-7H2,1-2H3,(H,15,22)(H,16,17,19). The van der Waals surface area contributed by atoms with Gasteiger partial charge in [0, 0.05) is 31.4 Å². The summed E-state index contributed by atoms with van der Waals surface area (Å²) in [5.74, 6) is 0.757. The largest absolute Gasteiger partial charge is 0.334 e. The zero-order valence-corrected chi connectivity index (χ0v) is 12.9. The number of hydrogen-bond acceptors (Lipinski definition) is 4. The summed E-state index contributed by atoms with van der Waals surface area (Å²) in [4.78, 5) is 18.6. The van der Waals surface area contributed by atoms with E-state index in [1.165, 1.54) is 6.33 Å². The summed E-state index contributed by atoms with van der Waals surface area (Å²) in [6.45, 7) is 3.22. The molecule has 0 bridgehead atoms. The van der Waals surface area contributed by atoms with E-state index < -0.39 is 0 Å². The van der Waals surface area contributed by atoms with Crippen molar-refractivity contribution < 1.29 is 4.79 Å². The van der Waals surface area contributed by atoms with Gasteiger partial charge in [0.15, 0.2) is 0 Å². The SMILES string of the molecule is Cc1c(CNC(=O)N2CCCCC2c2ncn[nH]2)cnn1C. The topological polar surface area (TPSA) is 91.7 Å². The second kappa shape index (κ2) is 6.17. The van der Waals surface area contributed by atoms with E-state index in [9.17, 15) is 4.79 Å². The lowest BCUT2D eigenvalue weighted by Gasteiger charge is -2.34. The molecule has 0 aromatic carbocycles. The highest BCUT2D eigenvalue weighted by Crippen LogP contribution is 2.28. The number of piperidine rings is 1. The van der Waals surface area contributed by atoms with Gasteiger partial charge >= 0.3 is 6.03 Å². The van der Waals surface area contributed by atoms with Crippen LogP contribution in [0, 0.1) is 6.92 Å². The molecule has 1 atom stereocenters. The van der Waals surface area contributed by atoms with Gasteiger partial charge in [-0.2, -0.15) is 10.2 Å². The number of carbonyl (C=O) groups is 1. The molecule has 118 valence electrons. The maximum atomic E-state index is 12.5. The zero-order valence-electron chi connectivity index (χ0n) is 12.9. The highest BCUT2D eigenvalue weighted by molar-refractivity contribution is 5.74. The summed E-state index contributed by atoms with van der Waals surface area (Å²) in [5.41, 5.74) is 2.09. The average molecular weight is 303 g/mol. The molecule has 3 heterocycles. The van der Waals surface area contributed by atoms with Crippen LogP contribution >= 0.6 is 0 Å². The second-order valence-electron chi connectivity index (χ2n) is 5.61. The van der Waals surface area contributed by atoms with E-state index in [1.807, 2.05) is 18.9 Å². The van der Waals surface area contributed by atoms with Gasteiger partial charge in [0.2, 0.25) is 0 Å². The van der Waals surface area contributed by atoms with E-state index >= 15 is 0 Å². The number of hydrogen-bond donors (Lipinski definition) is 2. The minimum absolute atomic E-state index is 0.0220. The number of urea groups is 1. The van der Waals surface area contributed by atoms with Crippen molar-refractivity contribution in [2.45, 2.75) is 38.8 Å². The van der Waals surface area contributed by atoms with Gasteiger partial charge < -0.3 is 10.2 Å². The molecule has 0 spiro atoms. The maximum absolute atomic E-state index is 12.5. The van der Waals surface area contributed by atoms with Crippen LogP contribution in [0.25, 0.3) is 0 Å². The molecule has 2 N–H and O–H groups in total. The number of nitrogens with zero attached hydrogens (tertiary/aromatic N) is 5. The predicted octanol–water partition coefficient (Wildman–Crippen LogP) is 1.28. The Morgan fingerprint density at radius 2 is 2.36 bits per heavy atom. The van der Waals surface area contributed by atoms with Crippen molar-refractivity contribution in [3.8, 4) is 0 Å². The molecule has 0 saturated carbocycles. The summed E-state index contributed by atoms with van der Waals surface area (Å²) >= 11 is 0. The van der Waals surface area contributed by atoms with E-state index in [0.29, 0.717) is 6.54 Å². The maximum Gasteiger partial charge on any atom is 0.318 e. The molecule has 2 amide bonds. The summed E-state index contributed by atoms with van der Waals surface area (Å²) in [5, 5.41) is 14.0. The predicted molar refractivity (Wildman–Crippen MR) is 79.9 cm³/mol. The van der Waals surface area contributed by atoms with Gasteiger partial charge in [-0.05, 0) is 26.2 Å². The first-order valence-electron chi connectivity index (χ1n) is 7.54. The van der Waals surface area contributed by atoms with Crippen LogP contribution in [-0.2, 0) is 13.6 Å². The van der Waals surface area contributed by atoms with E-state index in [0.717, 1.165) is 42.9 Å². The van der Waals surface area contributed by atoms with Gasteiger partial charge in [-0.25, -0.2) is 9.78 Å². The first-order valence-corrected chi connectivity index (χ1v) is 7.54. The van der Waals surface area contributed by atoms with E-state index in [1.54, 1.807) is 10.9 Å². The van der Waals surface area contributed by atoms with Crippen molar-refractivity contribution in [1.29, 1.82) is 0 Å². The van der Waals surface area contributed by atoms with Gasteiger partial charge in [0.25, 0.3) is 0 Å². The first-order chi connectivity index (χ1) is 10.7. The van der Waals surface area contributed by atoms with Crippen LogP contribution in [0.3, 0.4) is 0 Å². The third-order valence-electron chi connectivity index (χ3n) is 4.28. The molecule has 3 rings (SSSR count). The molecule has 8 heteroatoms. The molecular formula is C14H21N7O. The summed E-state index contributed by atoms with van der Waals surface area (Å²) in [6, 6.07) is -0.0874. The second-order valence-corrected chi connectivity index (χ2v) is 5.61. The fraction of sp³-hybridized carbons (Fsp3) is 0.571. The number of amides is 2. The van der Waals surface area contributed by atoms with E-state index in [2.05, 4.69) is 25.6 Å². The Hall–Kier alpha value is -2.38. The van der Waals surface area contributed by atoms with Crippen LogP contribution < -0.4 is 5.32 Å². The number of aromatic nitrogens is 5. The third-order valence-corrected chi connectivity index (χ3v) is 4.28. The van der Waals surface area contributed by atoms with Crippen molar-refractivity contribution in [2.24, 2.45) is 7.05 Å². The van der Waals surface area contributed by atoms with Crippen molar-refractivity contribution in [3.63, 3.8) is 0 Å². The zero-order chi connectivity index (χ0) is 15.5. The monoisotopic (exact) mass is 303 g/mol. The fourth-order valence-electron chi connectivity index (χ4n) is 2.82. The lowest BCUT2D eigenvalue weighted by molar-refractivity contribution is 0.147. The van der Waals surface area contributed by atoms with Gasteiger partial charge in [0.1, 0.15) is 12.2 Å². The van der Waals surface area contributed by atoms with Crippen LogP contribution in [0.15, 0.2) is 12.5 Å². The number of rotatable bonds is 3. The minimum atomic E-state index is -0.0654. The van der Waals surface area contributed by atoms with Gasteiger partial charge in [0.05, 0.1) is 12.2 Å². The summed E-state index contributed by atoms with van der Waals surface area (Å²) in [6.07, 6.45) is 6.30. The molecule has 1 saturated heterocycles. The number of aryl methyl sites for hydroxylation is 1. The normalized spacial score (nSPS) is 18.5. The number of carbonyl (C=O) groups excluding carboxylic acids is 1. The Balaban J connectivity index is 1.66. The number of aromatic amines is 1. The van der Waals surface area contributed by atoms with Gasteiger partial charge in [-0.15, -0.1) is 0 Å². The molecule has 1 aliphatic rings. The molecular weight excluding hydrogens is 282 g/mol. The molecule has 2 aromatic heterocycles. The van der Waals surface area contributed by atoms with Crippen LogP contribution in [0.1, 0.15) is 42.4 Å². The lowest BCUT2D eigenvalue weighted by Crippen LogP contribution is -2.44. The Labute approximate surface area is 128 Å². The van der Waals surface area contributed by atoms with E-state index in [-0.39, 0.29) is 12.1 Å². The highest BCUT2D eigenvalue weighted by atomic mass is 16.2. The smallest absolute Gasteiger partial charge is 0.318 e. The molecule has 1 aliphatic heterocycles. The van der Waals surface area contributed by atoms with E-state index in [4.69, 9.17) is 0 Å². The Morgan fingerprint density at radius 1 is 1.50 bits per heavy atom. The summed E-state index contributed by atoms with van der Waals surface area (Å²) < 4.78 is 1.81. The molecule has 2 aromatic rings. The third kappa shape index (κ3) is 2.81. The van der Waals surface area contributed by atoms with Gasteiger partial charge in [-0.3, -0.25) is 9.78 Å². The first kappa shape index (κ1) is 14.6. The van der Waals surface area contributed by atoms with Crippen LogP contribution in [0.5, 0.6) is 0 Å². The lowest BCUT2D eigenvalue weighted by atomic mass is 10.0. The Morgan fingerprint density at radius 3 is 3.05 bits per heavy atom.